The molecule has 0 bridgehead atoms. The maximum Gasteiger partial charge on any atom is 0.309 e. The first-order chi connectivity index (χ1) is 15.1. The zero-order valence-electron chi connectivity index (χ0n) is 20.8. The van der Waals surface area contributed by atoms with Crippen LogP contribution < -0.4 is 0 Å². The van der Waals surface area contributed by atoms with E-state index in [4.69, 9.17) is 9.84 Å². The van der Waals surface area contributed by atoms with Gasteiger partial charge in [0.05, 0.1) is 30.1 Å². The molecule has 1 unspecified atom stereocenters. The second-order valence-corrected chi connectivity index (χ2v) is 11.2. The van der Waals surface area contributed by atoms with E-state index in [1.54, 1.807) is 6.08 Å². The number of hydrogen-bond acceptors (Lipinski definition) is 6. The number of rotatable bonds is 7. The van der Waals surface area contributed by atoms with E-state index in [1.165, 1.54) is 12.5 Å². The number of esters is 1. The predicted octanol–water partition coefficient (Wildman–Crippen LogP) is 3.76. The Bertz CT molecular complexity index is 774. The van der Waals surface area contributed by atoms with Crippen molar-refractivity contribution < 1.29 is 34.8 Å². The van der Waals surface area contributed by atoms with Crippen LogP contribution in [0.5, 0.6) is 0 Å². The average Bonchev–Trinajstić information content (AvgIpc) is 2.99. The molecule has 1 fully saturated rings. The van der Waals surface area contributed by atoms with Crippen LogP contribution in [-0.2, 0) is 14.3 Å². The molecule has 0 aromatic carbocycles. The highest BCUT2D eigenvalue weighted by molar-refractivity contribution is 5.73. The Morgan fingerprint density at radius 1 is 1.15 bits per heavy atom. The molecule has 0 aromatic rings. The number of allylic oxidation sites excluding steroid dienone is 2. The van der Waals surface area contributed by atoms with E-state index >= 15 is 0 Å². The minimum Gasteiger partial charge on any atom is -0.481 e. The number of hydrogen-bond donors (Lipinski definition) is 4. The van der Waals surface area contributed by atoms with Crippen molar-refractivity contribution in [3.8, 4) is 0 Å². The number of carbonyl (C=O) groups excluding carboxylic acids is 1. The molecule has 5 atom stereocenters. The minimum atomic E-state index is -1.68. The van der Waals surface area contributed by atoms with Gasteiger partial charge < -0.3 is 25.2 Å². The Balaban J connectivity index is 2.20. The van der Waals surface area contributed by atoms with Crippen molar-refractivity contribution in [1.29, 1.82) is 0 Å². The normalized spacial score (nSPS) is 34.0. The quantitative estimate of drug-likeness (QED) is 0.333. The van der Waals surface area contributed by atoms with Crippen LogP contribution in [0.2, 0.25) is 0 Å². The van der Waals surface area contributed by atoms with Gasteiger partial charge in [0.2, 0.25) is 0 Å². The molecule has 0 amide bonds. The molecule has 0 spiro atoms. The molecule has 1 saturated carbocycles. The molecule has 0 saturated heterocycles. The number of aliphatic hydroxyl groups is 3. The monoisotopic (exact) mass is 466 g/mol. The Morgan fingerprint density at radius 2 is 1.82 bits per heavy atom. The fourth-order valence-electron chi connectivity index (χ4n) is 5.59. The van der Waals surface area contributed by atoms with E-state index in [1.807, 2.05) is 13.8 Å². The SMILES string of the molecule is C/C1=C\CC/C(COC(=O)CC(C)(O)CC(=O)O)=C\[C@@H](O)[C@]2(C)CC[C@H](C(C)(C)O)[C@H]2CC1. The fourth-order valence-corrected chi connectivity index (χ4v) is 5.59. The molecule has 0 aliphatic heterocycles. The summed E-state index contributed by atoms with van der Waals surface area (Å²) in [4.78, 5) is 23.1. The van der Waals surface area contributed by atoms with Gasteiger partial charge in [0, 0.05) is 5.41 Å². The predicted molar refractivity (Wildman–Crippen MR) is 125 cm³/mol. The summed E-state index contributed by atoms with van der Waals surface area (Å²) in [5.74, 6) is -1.62. The highest BCUT2D eigenvalue weighted by Gasteiger charge is 2.52. The number of aliphatic carboxylic acids is 1. The van der Waals surface area contributed by atoms with Crippen molar-refractivity contribution in [2.45, 2.75) is 103 Å². The van der Waals surface area contributed by atoms with Gasteiger partial charge in [-0.1, -0.05) is 24.6 Å². The number of fused-ring (bicyclic) bond motifs is 1. The molecule has 2 rings (SSSR count). The van der Waals surface area contributed by atoms with Gasteiger partial charge in [-0.3, -0.25) is 9.59 Å². The lowest BCUT2D eigenvalue weighted by Crippen LogP contribution is -2.42. The van der Waals surface area contributed by atoms with Crippen LogP contribution in [0, 0.1) is 17.3 Å². The van der Waals surface area contributed by atoms with Gasteiger partial charge >= 0.3 is 11.9 Å². The van der Waals surface area contributed by atoms with Crippen LogP contribution in [0.25, 0.3) is 0 Å². The summed E-state index contributed by atoms with van der Waals surface area (Å²) in [6, 6.07) is 0. The first kappa shape index (κ1) is 27.5. The van der Waals surface area contributed by atoms with Crippen molar-refractivity contribution in [3.63, 3.8) is 0 Å². The Morgan fingerprint density at radius 3 is 2.42 bits per heavy atom. The zero-order valence-corrected chi connectivity index (χ0v) is 20.8. The topological polar surface area (TPSA) is 124 Å². The summed E-state index contributed by atoms with van der Waals surface area (Å²) in [5, 5.41) is 41.1. The molecular formula is C26H42O7. The molecule has 2 aliphatic rings. The first-order valence-corrected chi connectivity index (χ1v) is 12.0. The van der Waals surface area contributed by atoms with E-state index in [0.29, 0.717) is 6.42 Å². The van der Waals surface area contributed by atoms with Crippen molar-refractivity contribution in [3.05, 3.63) is 23.3 Å². The lowest BCUT2D eigenvalue weighted by Gasteiger charge is -2.40. The third-order valence-corrected chi connectivity index (χ3v) is 7.59. The molecule has 188 valence electrons. The fraction of sp³-hybridized carbons (Fsp3) is 0.769. The molecule has 0 aromatic heterocycles. The van der Waals surface area contributed by atoms with Gasteiger partial charge in [-0.25, -0.2) is 0 Å². The number of carboxylic acid groups (broad SMARTS) is 1. The van der Waals surface area contributed by atoms with Gasteiger partial charge in [0.15, 0.2) is 0 Å². The molecule has 7 nitrogen and oxygen atoms in total. The number of carbonyl (C=O) groups is 2. The van der Waals surface area contributed by atoms with E-state index in [2.05, 4.69) is 19.9 Å². The van der Waals surface area contributed by atoms with E-state index < -0.39 is 47.5 Å². The van der Waals surface area contributed by atoms with Gasteiger partial charge in [0.25, 0.3) is 0 Å². The van der Waals surface area contributed by atoms with E-state index in [9.17, 15) is 24.9 Å². The van der Waals surface area contributed by atoms with Gasteiger partial charge in [-0.15, -0.1) is 0 Å². The summed E-state index contributed by atoms with van der Waals surface area (Å²) in [6.07, 6.45) is 7.14. The smallest absolute Gasteiger partial charge is 0.309 e. The highest BCUT2D eigenvalue weighted by Crippen LogP contribution is 2.55. The largest absolute Gasteiger partial charge is 0.481 e. The van der Waals surface area contributed by atoms with Crippen molar-refractivity contribution >= 4 is 11.9 Å². The van der Waals surface area contributed by atoms with Gasteiger partial charge in [0.1, 0.15) is 6.61 Å². The molecular weight excluding hydrogens is 424 g/mol. The maximum absolute atomic E-state index is 12.2. The van der Waals surface area contributed by atoms with Crippen molar-refractivity contribution in [2.75, 3.05) is 6.61 Å². The number of aliphatic hydroxyl groups excluding tert-OH is 1. The van der Waals surface area contributed by atoms with Crippen LogP contribution in [0.15, 0.2) is 23.3 Å². The maximum atomic E-state index is 12.2. The third kappa shape index (κ3) is 7.66. The molecule has 7 heteroatoms. The van der Waals surface area contributed by atoms with Crippen LogP contribution >= 0.6 is 0 Å². The molecule has 0 radical (unpaired) electrons. The summed E-state index contributed by atoms with van der Waals surface area (Å²) < 4.78 is 5.36. The lowest BCUT2D eigenvalue weighted by molar-refractivity contribution is -0.151. The van der Waals surface area contributed by atoms with Crippen LogP contribution in [0.3, 0.4) is 0 Å². The summed E-state index contributed by atoms with van der Waals surface area (Å²) >= 11 is 0. The first-order valence-electron chi connectivity index (χ1n) is 12.0. The lowest BCUT2D eigenvalue weighted by atomic mass is 9.67. The van der Waals surface area contributed by atoms with E-state index in [0.717, 1.165) is 37.7 Å². The Labute approximate surface area is 197 Å². The summed E-state index contributed by atoms with van der Waals surface area (Å²) in [5.41, 5.74) is -0.825. The van der Waals surface area contributed by atoms with Gasteiger partial charge in [-0.05, 0) is 83.6 Å². The van der Waals surface area contributed by atoms with Crippen LogP contribution in [0.4, 0.5) is 0 Å². The average molecular weight is 467 g/mol. The van der Waals surface area contributed by atoms with Gasteiger partial charge in [-0.2, -0.15) is 0 Å². The molecule has 2 aliphatic carbocycles. The second kappa shape index (κ2) is 10.7. The van der Waals surface area contributed by atoms with Crippen molar-refractivity contribution in [2.24, 2.45) is 17.3 Å². The van der Waals surface area contributed by atoms with Crippen LogP contribution in [0.1, 0.15) is 86.0 Å². The molecule has 0 heterocycles. The Hall–Kier alpha value is -1.70. The third-order valence-electron chi connectivity index (χ3n) is 7.59. The molecule has 33 heavy (non-hydrogen) atoms. The van der Waals surface area contributed by atoms with Crippen LogP contribution in [-0.4, -0.2) is 56.3 Å². The standard InChI is InChI=1S/C26H42O7/c1-17-7-6-8-18(16-33-23(30)15-25(4,32)14-22(28)29)13-21(27)26(5)12-11-19(24(2,3)31)20(26)10-9-17/h7,13,19-21,27,31-32H,6,8-12,14-16H2,1-5H3,(H,28,29)/b17-7+,18-13+/t19-,20+,21+,25?,26+/m0/s1. The minimum absolute atomic E-state index is 0.0123. The number of ether oxygens (including phenoxy) is 1. The second-order valence-electron chi connectivity index (χ2n) is 11.2. The van der Waals surface area contributed by atoms with Crippen molar-refractivity contribution in [1.82, 2.24) is 0 Å². The molecule has 4 N–H and O–H groups in total. The Kier molecular flexibility index (Phi) is 8.93. The summed E-state index contributed by atoms with van der Waals surface area (Å²) in [7, 11) is 0. The summed E-state index contributed by atoms with van der Waals surface area (Å²) in [6.45, 7) is 9.18. The number of carboxylic acids is 1. The zero-order chi connectivity index (χ0) is 25.0. The highest BCUT2D eigenvalue weighted by atomic mass is 16.5. The van der Waals surface area contributed by atoms with E-state index in [-0.39, 0.29) is 18.4 Å².